The minimum atomic E-state index is -0.705. The third-order valence-corrected chi connectivity index (χ3v) is 3.61. The Labute approximate surface area is 129 Å². The van der Waals surface area contributed by atoms with E-state index in [1.165, 1.54) is 17.7 Å². The number of anilines is 1. The fourth-order valence-electron chi connectivity index (χ4n) is 2.45. The van der Waals surface area contributed by atoms with E-state index in [0.29, 0.717) is 11.6 Å². The number of amides is 1. The molecule has 22 heavy (non-hydrogen) atoms. The number of allylic oxidation sites excluding steroid dienone is 3. The molecule has 116 valence electrons. The Morgan fingerprint density at radius 1 is 1.45 bits per heavy atom. The van der Waals surface area contributed by atoms with Crippen LogP contribution in [-0.2, 0) is 4.79 Å². The molecule has 1 atom stereocenters. The zero-order valence-corrected chi connectivity index (χ0v) is 12.6. The predicted octanol–water partition coefficient (Wildman–Crippen LogP) is 3.16. The number of carbonyl (C=O) groups is 1. The molecule has 2 N–H and O–H groups in total. The van der Waals surface area contributed by atoms with Gasteiger partial charge in [-0.25, -0.2) is 4.39 Å². The van der Waals surface area contributed by atoms with E-state index in [9.17, 15) is 9.18 Å². The highest BCUT2D eigenvalue weighted by molar-refractivity contribution is 6.04. The van der Waals surface area contributed by atoms with Crippen LogP contribution in [0.3, 0.4) is 0 Å². The summed E-state index contributed by atoms with van der Waals surface area (Å²) in [6, 6.07) is 7.61. The summed E-state index contributed by atoms with van der Waals surface area (Å²) in [6.07, 6.45) is 3.80. The first-order valence-electron chi connectivity index (χ1n) is 7.27. The maximum Gasteiger partial charge on any atom is 0.277 e. The fraction of sp³-hybridized carbons (Fsp3) is 0.294. The second kappa shape index (κ2) is 7.66. The second-order valence-electron chi connectivity index (χ2n) is 5.12. The largest absolute Gasteiger partial charge is 0.321 e. The summed E-state index contributed by atoms with van der Waals surface area (Å²) in [5.74, 6) is -0.799. The number of nitrogens with one attached hydrogen (secondary N) is 2. The number of hydrogen-bond donors (Lipinski definition) is 2. The first-order chi connectivity index (χ1) is 10.7. The molecule has 0 radical (unpaired) electrons. The van der Waals surface area contributed by atoms with Crippen molar-refractivity contribution in [3.63, 3.8) is 0 Å². The van der Waals surface area contributed by atoms with Crippen molar-refractivity contribution in [1.29, 1.82) is 0 Å². The monoisotopic (exact) mass is 301 g/mol. The lowest BCUT2D eigenvalue weighted by molar-refractivity contribution is -0.113. The molecular weight excluding hydrogens is 281 g/mol. The van der Waals surface area contributed by atoms with E-state index in [-0.39, 0.29) is 5.70 Å². The summed E-state index contributed by atoms with van der Waals surface area (Å²) in [4.78, 5) is 15.5. The Morgan fingerprint density at radius 3 is 2.73 bits per heavy atom. The number of rotatable bonds is 5. The lowest BCUT2D eigenvalue weighted by Gasteiger charge is -2.10. The number of hydrogen-bond acceptors (Lipinski definition) is 3. The average molecular weight is 301 g/mol. The highest BCUT2D eigenvalue weighted by Crippen LogP contribution is 2.24. The van der Waals surface area contributed by atoms with Crippen molar-refractivity contribution in [2.45, 2.75) is 19.3 Å². The van der Waals surface area contributed by atoms with Crippen LogP contribution < -0.4 is 10.6 Å². The maximum absolute atomic E-state index is 13.7. The van der Waals surface area contributed by atoms with Crippen LogP contribution in [0.2, 0.25) is 0 Å². The van der Waals surface area contributed by atoms with Crippen molar-refractivity contribution in [3.8, 4) is 0 Å². The summed E-state index contributed by atoms with van der Waals surface area (Å²) in [6.45, 7) is 6.92. The molecule has 0 aromatic heterocycles. The summed E-state index contributed by atoms with van der Waals surface area (Å²) in [5, 5.41) is 5.95. The molecule has 0 aliphatic carbocycles. The molecule has 1 aromatic rings. The van der Waals surface area contributed by atoms with Crippen LogP contribution in [0.15, 0.2) is 52.9 Å². The van der Waals surface area contributed by atoms with E-state index in [0.717, 1.165) is 19.5 Å². The minimum Gasteiger partial charge on any atom is -0.321 e. The van der Waals surface area contributed by atoms with Crippen molar-refractivity contribution in [2.75, 3.05) is 18.4 Å². The van der Waals surface area contributed by atoms with Crippen LogP contribution >= 0.6 is 0 Å². The molecule has 0 saturated carbocycles. The van der Waals surface area contributed by atoms with Gasteiger partial charge in [0.25, 0.3) is 5.91 Å². The van der Waals surface area contributed by atoms with E-state index < -0.39 is 11.7 Å². The third-order valence-electron chi connectivity index (χ3n) is 3.61. The SMILES string of the molecule is C=N/C(C(=O)Nc1ccc(C2CCNC2)cc1)=C(F)\C=C/C. The highest BCUT2D eigenvalue weighted by atomic mass is 19.1. The number of carbonyl (C=O) groups excluding carboxylic acids is 1. The lowest BCUT2D eigenvalue weighted by Crippen LogP contribution is -2.14. The summed E-state index contributed by atoms with van der Waals surface area (Å²) >= 11 is 0. The van der Waals surface area contributed by atoms with E-state index in [4.69, 9.17) is 0 Å². The topological polar surface area (TPSA) is 53.5 Å². The molecule has 2 rings (SSSR count). The molecule has 5 heteroatoms. The Bertz CT molecular complexity index is 599. The van der Waals surface area contributed by atoms with Gasteiger partial charge < -0.3 is 10.6 Å². The number of halogens is 1. The van der Waals surface area contributed by atoms with Gasteiger partial charge in [-0.15, -0.1) is 0 Å². The second-order valence-corrected chi connectivity index (χ2v) is 5.12. The molecule has 1 fully saturated rings. The van der Waals surface area contributed by atoms with Crippen molar-refractivity contribution >= 4 is 18.3 Å². The third kappa shape index (κ3) is 3.89. The molecule has 1 heterocycles. The molecule has 0 bridgehead atoms. The van der Waals surface area contributed by atoms with Gasteiger partial charge in [0.1, 0.15) is 0 Å². The molecule has 1 saturated heterocycles. The van der Waals surface area contributed by atoms with Gasteiger partial charge in [0.05, 0.1) is 0 Å². The molecule has 4 nitrogen and oxygen atoms in total. The van der Waals surface area contributed by atoms with Gasteiger partial charge in [0, 0.05) is 12.2 Å². The Hall–Kier alpha value is -2.27. The van der Waals surface area contributed by atoms with Crippen LogP contribution in [0.25, 0.3) is 0 Å². The predicted molar refractivity (Wildman–Crippen MR) is 87.8 cm³/mol. The molecular formula is C17H20FN3O. The van der Waals surface area contributed by atoms with E-state index in [2.05, 4.69) is 22.3 Å². The normalized spacial score (nSPS) is 19.1. The van der Waals surface area contributed by atoms with Crippen LogP contribution in [-0.4, -0.2) is 25.7 Å². The van der Waals surface area contributed by atoms with Crippen LogP contribution in [0.5, 0.6) is 0 Å². The van der Waals surface area contributed by atoms with Gasteiger partial charge in [-0.3, -0.25) is 9.79 Å². The summed E-state index contributed by atoms with van der Waals surface area (Å²) in [7, 11) is 0. The van der Waals surface area contributed by atoms with E-state index in [1.807, 2.05) is 24.3 Å². The van der Waals surface area contributed by atoms with Crippen molar-refractivity contribution in [2.24, 2.45) is 4.99 Å². The van der Waals surface area contributed by atoms with Crippen LogP contribution in [0, 0.1) is 0 Å². The molecule has 1 aliphatic rings. The standard InChI is InChI=1S/C17H20FN3O/c1-3-4-15(18)16(19-2)17(22)21-14-7-5-12(6-8-14)13-9-10-20-11-13/h3-8,13,20H,2,9-11H2,1H3,(H,21,22)/b4-3-,16-15+. The van der Waals surface area contributed by atoms with Crippen molar-refractivity contribution in [3.05, 3.63) is 53.5 Å². The van der Waals surface area contributed by atoms with Crippen molar-refractivity contribution < 1.29 is 9.18 Å². The first-order valence-corrected chi connectivity index (χ1v) is 7.27. The number of benzene rings is 1. The Kier molecular flexibility index (Phi) is 5.61. The average Bonchev–Trinajstić information content (AvgIpc) is 3.03. The maximum atomic E-state index is 13.7. The van der Waals surface area contributed by atoms with E-state index >= 15 is 0 Å². The number of aliphatic imine (C=N–C) groups is 1. The summed E-state index contributed by atoms with van der Waals surface area (Å²) < 4.78 is 13.7. The van der Waals surface area contributed by atoms with E-state index in [1.54, 1.807) is 6.92 Å². The fourth-order valence-corrected chi connectivity index (χ4v) is 2.45. The zero-order chi connectivity index (χ0) is 15.9. The number of nitrogens with zero attached hydrogens (tertiary/aromatic N) is 1. The molecule has 1 amide bonds. The Morgan fingerprint density at radius 2 is 2.18 bits per heavy atom. The van der Waals surface area contributed by atoms with Gasteiger partial charge in [0.15, 0.2) is 11.5 Å². The molecule has 1 unspecified atom stereocenters. The van der Waals surface area contributed by atoms with Crippen molar-refractivity contribution in [1.82, 2.24) is 5.32 Å². The van der Waals surface area contributed by atoms with Gasteiger partial charge in [-0.2, -0.15) is 0 Å². The van der Waals surface area contributed by atoms with Gasteiger partial charge in [0.2, 0.25) is 0 Å². The van der Waals surface area contributed by atoms with Gasteiger partial charge in [-0.1, -0.05) is 18.2 Å². The first kappa shape index (κ1) is 16.1. The summed E-state index contributed by atoms with van der Waals surface area (Å²) in [5.41, 5.74) is 1.53. The van der Waals surface area contributed by atoms with Crippen LogP contribution in [0.1, 0.15) is 24.8 Å². The molecule has 0 spiro atoms. The Balaban J connectivity index is 2.08. The van der Waals surface area contributed by atoms with Gasteiger partial charge in [-0.05, 0) is 56.3 Å². The minimum absolute atomic E-state index is 0.317. The zero-order valence-electron chi connectivity index (χ0n) is 12.6. The smallest absolute Gasteiger partial charge is 0.277 e. The molecule has 1 aromatic carbocycles. The molecule has 1 aliphatic heterocycles. The quantitative estimate of drug-likeness (QED) is 0.498. The van der Waals surface area contributed by atoms with Gasteiger partial charge >= 0.3 is 0 Å². The lowest BCUT2D eigenvalue weighted by atomic mass is 9.98. The van der Waals surface area contributed by atoms with Crippen LogP contribution in [0.4, 0.5) is 10.1 Å². The highest BCUT2D eigenvalue weighted by Gasteiger charge is 2.17.